The molecule has 2 N–H and O–H groups in total. The summed E-state index contributed by atoms with van der Waals surface area (Å²) in [7, 11) is 0. The summed E-state index contributed by atoms with van der Waals surface area (Å²) >= 11 is 0. The van der Waals surface area contributed by atoms with Crippen molar-refractivity contribution in [1.29, 1.82) is 0 Å². The molecule has 0 unspecified atom stereocenters. The van der Waals surface area contributed by atoms with Gasteiger partial charge in [-0.15, -0.1) is 0 Å². The Labute approximate surface area is 120 Å². The van der Waals surface area contributed by atoms with Crippen LogP contribution >= 0.6 is 0 Å². The first kappa shape index (κ1) is 14.8. The molecule has 2 nitrogen and oxygen atoms in total. The molecule has 0 amide bonds. The van der Waals surface area contributed by atoms with E-state index >= 15 is 0 Å². The number of benzene rings is 2. The molecule has 0 aromatic heterocycles. The highest BCUT2D eigenvalue weighted by atomic mass is 16.3. The van der Waals surface area contributed by atoms with Gasteiger partial charge < -0.3 is 10.2 Å². The summed E-state index contributed by atoms with van der Waals surface area (Å²) in [6, 6.07) is 19.5. The molecule has 0 saturated carbocycles. The molecule has 0 fully saturated rings. The van der Waals surface area contributed by atoms with Gasteiger partial charge >= 0.3 is 0 Å². The van der Waals surface area contributed by atoms with Crippen LogP contribution in [0.4, 0.5) is 0 Å². The maximum Gasteiger partial charge on any atom is 0.0790 e. The van der Waals surface area contributed by atoms with Gasteiger partial charge in [-0.2, -0.15) is 0 Å². The molecule has 2 rings (SSSR count). The van der Waals surface area contributed by atoms with E-state index in [1.165, 1.54) is 0 Å². The second-order valence-corrected chi connectivity index (χ2v) is 5.14. The SMILES string of the molecule is O[C@H](CCCC[C@H](O)c1ccccc1)c1ccccc1. The zero-order chi connectivity index (χ0) is 14.2. The van der Waals surface area contributed by atoms with E-state index < -0.39 is 12.2 Å². The van der Waals surface area contributed by atoms with Gasteiger partial charge in [0.15, 0.2) is 0 Å². The number of unbranched alkanes of at least 4 members (excludes halogenated alkanes) is 1. The van der Waals surface area contributed by atoms with E-state index in [0.717, 1.165) is 36.8 Å². The molecule has 0 spiro atoms. The summed E-state index contributed by atoms with van der Waals surface area (Å²) in [6.45, 7) is 0. The van der Waals surface area contributed by atoms with Gasteiger partial charge in [0.1, 0.15) is 0 Å². The van der Waals surface area contributed by atoms with Crippen LogP contribution in [0.3, 0.4) is 0 Å². The summed E-state index contributed by atoms with van der Waals surface area (Å²) in [6.07, 6.45) is 2.52. The van der Waals surface area contributed by atoms with Gasteiger partial charge in [-0.05, 0) is 24.0 Å². The van der Waals surface area contributed by atoms with E-state index in [2.05, 4.69) is 0 Å². The van der Waals surface area contributed by atoms with Gasteiger partial charge in [0.2, 0.25) is 0 Å². The molecule has 0 saturated heterocycles. The van der Waals surface area contributed by atoms with Crippen molar-refractivity contribution in [2.75, 3.05) is 0 Å². The van der Waals surface area contributed by atoms with Gasteiger partial charge in [0.05, 0.1) is 12.2 Å². The maximum atomic E-state index is 10.0. The third kappa shape index (κ3) is 4.48. The van der Waals surface area contributed by atoms with Crippen LogP contribution < -0.4 is 0 Å². The normalized spacial score (nSPS) is 13.9. The molecule has 0 bridgehead atoms. The second-order valence-electron chi connectivity index (χ2n) is 5.14. The van der Waals surface area contributed by atoms with Crippen LogP contribution in [-0.2, 0) is 0 Å². The summed E-state index contributed by atoms with van der Waals surface area (Å²) in [4.78, 5) is 0. The number of aliphatic hydroxyl groups is 2. The molecule has 2 heteroatoms. The van der Waals surface area contributed by atoms with E-state index in [0.29, 0.717) is 0 Å². The molecule has 2 aromatic carbocycles. The highest BCUT2D eigenvalue weighted by molar-refractivity contribution is 5.18. The average Bonchev–Trinajstić information content (AvgIpc) is 2.53. The van der Waals surface area contributed by atoms with Crippen LogP contribution in [-0.4, -0.2) is 10.2 Å². The molecular weight excluding hydrogens is 248 g/mol. The van der Waals surface area contributed by atoms with E-state index in [1.54, 1.807) is 0 Å². The van der Waals surface area contributed by atoms with Crippen LogP contribution in [0.5, 0.6) is 0 Å². The molecule has 0 aliphatic carbocycles. The Bertz CT molecular complexity index is 434. The quantitative estimate of drug-likeness (QED) is 0.746. The minimum atomic E-state index is -0.398. The maximum absolute atomic E-state index is 10.0. The van der Waals surface area contributed by atoms with E-state index in [1.807, 2.05) is 60.7 Å². The first-order valence-corrected chi connectivity index (χ1v) is 7.23. The highest BCUT2D eigenvalue weighted by Gasteiger charge is 2.09. The van der Waals surface area contributed by atoms with Crippen LogP contribution in [0.1, 0.15) is 49.0 Å². The first-order valence-electron chi connectivity index (χ1n) is 7.23. The molecular formula is C18H22O2. The molecule has 0 aliphatic rings. The monoisotopic (exact) mass is 270 g/mol. The van der Waals surface area contributed by atoms with Gasteiger partial charge in [-0.3, -0.25) is 0 Å². The summed E-state index contributed by atoms with van der Waals surface area (Å²) < 4.78 is 0. The van der Waals surface area contributed by atoms with Crippen LogP contribution in [0.25, 0.3) is 0 Å². The molecule has 2 atom stereocenters. The third-order valence-corrected chi connectivity index (χ3v) is 3.57. The van der Waals surface area contributed by atoms with Crippen molar-refractivity contribution in [2.45, 2.75) is 37.9 Å². The molecule has 0 aliphatic heterocycles. The third-order valence-electron chi connectivity index (χ3n) is 3.57. The standard InChI is InChI=1S/C18H22O2/c19-17(15-9-3-1-4-10-15)13-7-8-14-18(20)16-11-5-2-6-12-16/h1-6,9-12,17-20H,7-8,13-14H2/t17-,18+. The van der Waals surface area contributed by atoms with E-state index in [-0.39, 0.29) is 0 Å². The summed E-state index contributed by atoms with van der Waals surface area (Å²) in [5.74, 6) is 0. The topological polar surface area (TPSA) is 40.5 Å². The number of aliphatic hydroxyl groups excluding tert-OH is 2. The lowest BCUT2D eigenvalue weighted by atomic mass is 10.00. The van der Waals surface area contributed by atoms with Crippen molar-refractivity contribution in [1.82, 2.24) is 0 Å². The van der Waals surface area contributed by atoms with Crippen molar-refractivity contribution in [3.05, 3.63) is 71.8 Å². The predicted octanol–water partition coefficient (Wildman–Crippen LogP) is 4.01. The summed E-state index contributed by atoms with van der Waals surface area (Å²) in [5.41, 5.74) is 1.94. The van der Waals surface area contributed by atoms with Crippen LogP contribution in [0.15, 0.2) is 60.7 Å². The summed E-state index contributed by atoms with van der Waals surface area (Å²) in [5, 5.41) is 20.1. The largest absolute Gasteiger partial charge is 0.388 e. The van der Waals surface area contributed by atoms with E-state index in [9.17, 15) is 10.2 Å². The Balaban J connectivity index is 1.69. The fourth-order valence-corrected chi connectivity index (χ4v) is 2.36. The Hall–Kier alpha value is -1.64. The minimum absolute atomic E-state index is 0.398. The first-order chi connectivity index (χ1) is 9.77. The van der Waals surface area contributed by atoms with Gasteiger partial charge in [0.25, 0.3) is 0 Å². The van der Waals surface area contributed by atoms with Crippen molar-refractivity contribution in [3.63, 3.8) is 0 Å². The molecule has 2 aromatic rings. The lowest BCUT2D eigenvalue weighted by Crippen LogP contribution is -1.99. The van der Waals surface area contributed by atoms with Crippen molar-refractivity contribution in [2.24, 2.45) is 0 Å². The number of hydrogen-bond donors (Lipinski definition) is 2. The van der Waals surface area contributed by atoms with Crippen LogP contribution in [0, 0.1) is 0 Å². The van der Waals surface area contributed by atoms with Crippen molar-refractivity contribution < 1.29 is 10.2 Å². The molecule has 0 heterocycles. The fraction of sp³-hybridized carbons (Fsp3) is 0.333. The Morgan fingerprint density at radius 2 is 0.950 bits per heavy atom. The Morgan fingerprint density at radius 3 is 1.30 bits per heavy atom. The molecule has 0 radical (unpaired) electrons. The van der Waals surface area contributed by atoms with Gasteiger partial charge in [0, 0.05) is 0 Å². The smallest absolute Gasteiger partial charge is 0.0790 e. The molecule has 106 valence electrons. The number of hydrogen-bond acceptors (Lipinski definition) is 2. The molecule has 20 heavy (non-hydrogen) atoms. The van der Waals surface area contributed by atoms with Crippen molar-refractivity contribution >= 4 is 0 Å². The average molecular weight is 270 g/mol. The lowest BCUT2D eigenvalue weighted by molar-refractivity contribution is 0.147. The fourth-order valence-electron chi connectivity index (χ4n) is 2.36. The van der Waals surface area contributed by atoms with E-state index in [4.69, 9.17) is 0 Å². The Morgan fingerprint density at radius 1 is 0.600 bits per heavy atom. The second kappa shape index (κ2) is 7.83. The number of rotatable bonds is 7. The van der Waals surface area contributed by atoms with Gasteiger partial charge in [-0.25, -0.2) is 0 Å². The van der Waals surface area contributed by atoms with Crippen molar-refractivity contribution in [3.8, 4) is 0 Å². The minimum Gasteiger partial charge on any atom is -0.388 e. The highest BCUT2D eigenvalue weighted by Crippen LogP contribution is 2.23. The lowest BCUT2D eigenvalue weighted by Gasteiger charge is -2.13. The Kier molecular flexibility index (Phi) is 5.78. The zero-order valence-corrected chi connectivity index (χ0v) is 11.7. The zero-order valence-electron chi connectivity index (χ0n) is 11.7. The predicted molar refractivity (Wildman–Crippen MR) is 81.3 cm³/mol. The van der Waals surface area contributed by atoms with Gasteiger partial charge in [-0.1, -0.05) is 73.5 Å². The van der Waals surface area contributed by atoms with Crippen LogP contribution in [0.2, 0.25) is 0 Å².